The number of hydrogen-bond donors (Lipinski definition) is 3. The van der Waals surface area contributed by atoms with Crippen LogP contribution in [0, 0.1) is 5.92 Å². The average molecular weight is 796 g/mol. The molecular weight excluding hydrogens is 747 g/mol. The van der Waals surface area contributed by atoms with Crippen LogP contribution in [0.1, 0.15) is 94.5 Å². The zero-order chi connectivity index (χ0) is 40.3. The molecule has 2 unspecified atom stereocenters. The van der Waals surface area contributed by atoms with Gasteiger partial charge in [-0.25, -0.2) is 19.6 Å². The van der Waals surface area contributed by atoms with E-state index >= 15 is 0 Å². The largest absolute Gasteiger partial charge is 0.479 e. The molecule has 14 heteroatoms. The molecule has 0 bridgehead atoms. The molecule has 13 nitrogen and oxygen atoms in total. The van der Waals surface area contributed by atoms with Crippen molar-refractivity contribution in [2.45, 2.75) is 114 Å². The van der Waals surface area contributed by atoms with Crippen LogP contribution in [-0.4, -0.2) is 85.5 Å². The highest BCUT2D eigenvalue weighted by Crippen LogP contribution is 2.47. The lowest BCUT2D eigenvalue weighted by Crippen LogP contribution is -2.56. The first-order valence-corrected chi connectivity index (χ1v) is 20.6. The van der Waals surface area contributed by atoms with Gasteiger partial charge in [0.05, 0.1) is 22.5 Å². The van der Waals surface area contributed by atoms with E-state index < -0.39 is 53.2 Å². The van der Waals surface area contributed by atoms with Gasteiger partial charge < -0.3 is 30.1 Å². The maximum absolute atomic E-state index is 14.5. The molecule has 4 heterocycles. The Labute approximate surface area is 335 Å². The smallest absolute Gasteiger partial charge is 0.408 e. The fraction of sp³-hybridized carbons (Fsp3) is 0.465. The molecule has 4 aromatic rings. The van der Waals surface area contributed by atoms with Crippen molar-refractivity contribution in [1.29, 1.82) is 0 Å². The zero-order valence-electron chi connectivity index (χ0n) is 32.5. The Morgan fingerprint density at radius 1 is 0.965 bits per heavy atom. The number of ether oxygens (including phenoxy) is 2. The number of thiophene rings is 1. The van der Waals surface area contributed by atoms with Gasteiger partial charge in [0.2, 0.25) is 17.7 Å². The first-order valence-electron chi connectivity index (χ1n) is 19.7. The third-order valence-electron chi connectivity index (χ3n) is 10.9. The summed E-state index contributed by atoms with van der Waals surface area (Å²) in [7, 11) is 0. The number of carbonyl (C=O) groups excluding carboxylic acids is 4. The van der Waals surface area contributed by atoms with Gasteiger partial charge in [0.1, 0.15) is 35.0 Å². The molecule has 3 fully saturated rings. The van der Waals surface area contributed by atoms with Crippen LogP contribution in [0.4, 0.5) is 4.79 Å². The predicted octanol–water partition coefficient (Wildman–Crippen LogP) is 6.73. The lowest BCUT2D eigenvalue weighted by Gasteiger charge is -2.30. The second-order valence-corrected chi connectivity index (χ2v) is 17.3. The second kappa shape index (κ2) is 16.6. The lowest BCUT2D eigenvalue weighted by molar-refractivity contribution is -0.146. The quantitative estimate of drug-likeness (QED) is 0.162. The van der Waals surface area contributed by atoms with Gasteiger partial charge in [0.25, 0.3) is 0 Å². The predicted molar refractivity (Wildman–Crippen MR) is 214 cm³/mol. The maximum Gasteiger partial charge on any atom is 0.408 e. The first-order chi connectivity index (χ1) is 27.3. The summed E-state index contributed by atoms with van der Waals surface area (Å²) in [4.78, 5) is 79.5. The minimum atomic E-state index is -1.39. The number of carboxylic acids is 1. The molecule has 1 aliphatic carbocycles. The fourth-order valence-electron chi connectivity index (χ4n) is 7.91. The Balaban J connectivity index is 1.19. The number of hydrogen-bond acceptors (Lipinski definition) is 10. The van der Waals surface area contributed by atoms with Crippen molar-refractivity contribution in [3.8, 4) is 16.5 Å². The number of benzene rings is 2. The minimum Gasteiger partial charge on any atom is -0.479 e. The number of rotatable bonds is 8. The van der Waals surface area contributed by atoms with Gasteiger partial charge in [-0.2, -0.15) is 0 Å². The summed E-state index contributed by atoms with van der Waals surface area (Å²) < 4.78 is 12.1. The maximum atomic E-state index is 14.5. The Hall–Kier alpha value is -5.37. The second-order valence-electron chi connectivity index (χ2n) is 16.3. The molecule has 3 N–H and O–H groups in total. The summed E-state index contributed by atoms with van der Waals surface area (Å²) >= 11 is 1.44. The van der Waals surface area contributed by atoms with Crippen LogP contribution in [-0.2, 0) is 25.5 Å². The summed E-state index contributed by atoms with van der Waals surface area (Å²) in [5.74, 6) is -2.20. The normalized spacial score (nSPS) is 24.3. The van der Waals surface area contributed by atoms with Crippen LogP contribution >= 0.6 is 11.3 Å². The summed E-state index contributed by atoms with van der Waals surface area (Å²) in [6.07, 6.45) is 4.30. The number of ketones is 1. The van der Waals surface area contributed by atoms with Crippen LogP contribution in [0.3, 0.4) is 0 Å². The van der Waals surface area contributed by atoms with Crippen LogP contribution in [0.2, 0.25) is 0 Å². The number of carboxylic acid groups (broad SMARTS) is 1. The molecule has 57 heavy (non-hydrogen) atoms. The van der Waals surface area contributed by atoms with Gasteiger partial charge in [0.15, 0.2) is 5.78 Å². The van der Waals surface area contributed by atoms with E-state index in [-0.39, 0.29) is 37.0 Å². The summed E-state index contributed by atoms with van der Waals surface area (Å²) in [5, 5.41) is 17.8. The van der Waals surface area contributed by atoms with E-state index in [0.717, 1.165) is 36.1 Å². The summed E-state index contributed by atoms with van der Waals surface area (Å²) in [6, 6.07) is 16.4. The Morgan fingerprint density at radius 3 is 2.44 bits per heavy atom. The zero-order valence-corrected chi connectivity index (χ0v) is 33.3. The molecule has 2 aromatic heterocycles. The van der Waals surface area contributed by atoms with Crippen molar-refractivity contribution >= 4 is 52.0 Å². The van der Waals surface area contributed by atoms with Crippen molar-refractivity contribution in [2.75, 3.05) is 6.54 Å². The average Bonchev–Trinajstić information content (AvgIpc) is 3.46. The molecule has 1 saturated carbocycles. The third-order valence-corrected chi connectivity index (χ3v) is 11.8. The molecule has 2 aromatic carbocycles. The van der Waals surface area contributed by atoms with E-state index in [2.05, 4.69) is 10.6 Å². The Morgan fingerprint density at radius 2 is 1.72 bits per heavy atom. The van der Waals surface area contributed by atoms with Crippen LogP contribution in [0.25, 0.3) is 21.6 Å². The Bertz CT molecular complexity index is 2140. The number of nitrogens with one attached hydrogen (secondary N) is 2. The van der Waals surface area contributed by atoms with Gasteiger partial charge in [0, 0.05) is 18.4 Å². The number of carbonyl (C=O) groups is 5. The molecule has 5 atom stereocenters. The minimum absolute atomic E-state index is 0.0244. The van der Waals surface area contributed by atoms with Gasteiger partial charge in [-0.1, -0.05) is 68.5 Å². The summed E-state index contributed by atoms with van der Waals surface area (Å²) in [5.41, 5.74) is 0.665. The molecule has 2 saturated heterocycles. The third kappa shape index (κ3) is 9.27. The number of aliphatic carboxylic acids is 1. The highest BCUT2D eigenvalue weighted by atomic mass is 32.1. The van der Waals surface area contributed by atoms with Gasteiger partial charge in [-0.15, -0.1) is 11.3 Å². The van der Waals surface area contributed by atoms with Gasteiger partial charge >= 0.3 is 12.1 Å². The highest BCUT2D eigenvalue weighted by Gasteiger charge is 2.62. The number of Topliss-reactive ketones (excluding diaryl/α,β-unsaturated/α-hetero) is 1. The lowest BCUT2D eigenvalue weighted by atomic mass is 10.0. The van der Waals surface area contributed by atoms with Crippen molar-refractivity contribution in [2.24, 2.45) is 5.92 Å². The summed E-state index contributed by atoms with van der Waals surface area (Å²) in [6.45, 7) is 5.19. The highest BCUT2D eigenvalue weighted by molar-refractivity contribution is 7.13. The number of nitrogens with zero attached hydrogens (tertiary/aromatic N) is 3. The number of alkyl carbamates (subject to hydrolysis) is 1. The van der Waals surface area contributed by atoms with E-state index in [0.29, 0.717) is 48.0 Å². The SMILES string of the molecule is CC(C)(C)OC(=O)N[C@H]1CCCCCCCC2CC2(C(=O)O)NC(=O)[C@@H]2C[C@@H](Oc3nc4ccc(C(=O)Cc5ccccc5)cc4nc3-c3cccs3)CN2C1=O. The first kappa shape index (κ1) is 39.8. The monoisotopic (exact) mass is 795 g/mol. The van der Waals surface area contributed by atoms with Crippen molar-refractivity contribution in [3.63, 3.8) is 0 Å². The molecule has 0 radical (unpaired) electrons. The van der Waals surface area contributed by atoms with Crippen LogP contribution in [0.15, 0.2) is 66.0 Å². The molecule has 2 aliphatic heterocycles. The standard InChI is InChI=1S/C43H49N5O8S/c1-42(2,3)56-41(54)46-31-16-11-6-4-5-10-15-28-24-43(28,40(52)53)47-37(50)33-23-29(25-48(33)39(31)51)55-38-36(35-17-12-20-57-35)44-32-22-27(18-19-30(32)45-38)34(49)21-26-13-8-7-9-14-26/h7-9,12-14,17-20,22,28-29,31,33H,4-6,10-11,15-16,21,23-25H2,1-3H3,(H,46,54)(H,47,50)(H,52,53)/t28?,29-,31+,33+,43?/m1/s1. The molecule has 0 spiro atoms. The fourth-order valence-corrected chi connectivity index (χ4v) is 8.62. The number of aromatic nitrogens is 2. The molecule has 3 amide bonds. The van der Waals surface area contributed by atoms with Crippen molar-refractivity contribution in [3.05, 3.63) is 77.2 Å². The van der Waals surface area contributed by atoms with Crippen LogP contribution < -0.4 is 15.4 Å². The molecule has 7 rings (SSSR count). The Kier molecular flexibility index (Phi) is 11.6. The van der Waals surface area contributed by atoms with E-state index in [9.17, 15) is 29.1 Å². The topological polar surface area (TPSA) is 177 Å². The van der Waals surface area contributed by atoms with E-state index in [4.69, 9.17) is 19.4 Å². The van der Waals surface area contributed by atoms with E-state index in [1.54, 1.807) is 39.0 Å². The molecule has 300 valence electrons. The van der Waals surface area contributed by atoms with E-state index in [1.807, 2.05) is 47.8 Å². The van der Waals surface area contributed by atoms with Crippen LogP contribution in [0.5, 0.6) is 5.88 Å². The molecule has 3 aliphatic rings. The number of fused-ring (bicyclic) bond motifs is 3. The number of amides is 3. The van der Waals surface area contributed by atoms with E-state index in [1.165, 1.54) is 16.2 Å². The van der Waals surface area contributed by atoms with Gasteiger partial charge in [-0.05, 0) is 81.2 Å². The molecular formula is C43H49N5O8S. The van der Waals surface area contributed by atoms with Gasteiger partial charge in [-0.3, -0.25) is 14.4 Å². The van der Waals surface area contributed by atoms with Crippen molar-refractivity contribution in [1.82, 2.24) is 25.5 Å². The van der Waals surface area contributed by atoms with Crippen molar-refractivity contribution < 1.29 is 38.6 Å².